The second-order valence-electron chi connectivity index (χ2n) is 2.70. The van der Waals surface area contributed by atoms with E-state index in [1.165, 1.54) is 0 Å². The van der Waals surface area contributed by atoms with Crippen LogP contribution in [0.25, 0.3) is 0 Å². The van der Waals surface area contributed by atoms with E-state index in [4.69, 9.17) is 4.74 Å². The zero-order chi connectivity index (χ0) is 8.72. The number of ether oxygens (including phenoxy) is 1. The maximum atomic E-state index is 12.5. The minimum absolute atomic E-state index is 0.0859. The van der Waals surface area contributed by atoms with Gasteiger partial charge in [-0.05, 0) is 0 Å². The SMILES string of the molecule is O=C1C=C(F)C(=O)N1CC1CO1. The molecule has 0 saturated carbocycles. The van der Waals surface area contributed by atoms with Crippen molar-refractivity contribution in [3.05, 3.63) is 11.9 Å². The molecule has 4 nitrogen and oxygen atoms in total. The van der Waals surface area contributed by atoms with Gasteiger partial charge in [-0.25, -0.2) is 4.39 Å². The first kappa shape index (κ1) is 7.42. The van der Waals surface area contributed by atoms with Gasteiger partial charge in [-0.15, -0.1) is 0 Å². The van der Waals surface area contributed by atoms with E-state index in [2.05, 4.69) is 0 Å². The first-order chi connectivity index (χ1) is 5.68. The quantitative estimate of drug-likeness (QED) is 0.420. The van der Waals surface area contributed by atoms with Crippen LogP contribution < -0.4 is 0 Å². The van der Waals surface area contributed by atoms with Gasteiger partial charge < -0.3 is 4.74 Å². The summed E-state index contributed by atoms with van der Waals surface area (Å²) < 4.78 is 17.3. The molecule has 5 heteroatoms. The maximum Gasteiger partial charge on any atom is 0.289 e. The smallest absolute Gasteiger partial charge is 0.289 e. The topological polar surface area (TPSA) is 49.9 Å². The molecule has 12 heavy (non-hydrogen) atoms. The van der Waals surface area contributed by atoms with Crippen molar-refractivity contribution in [2.75, 3.05) is 13.2 Å². The molecule has 64 valence electrons. The molecule has 0 spiro atoms. The van der Waals surface area contributed by atoms with Crippen LogP contribution in [-0.4, -0.2) is 36.0 Å². The Morgan fingerprint density at radius 1 is 1.67 bits per heavy atom. The summed E-state index contributed by atoms with van der Waals surface area (Å²) in [5.41, 5.74) is 0. The van der Waals surface area contributed by atoms with Crippen molar-refractivity contribution in [2.24, 2.45) is 0 Å². The number of nitrogens with zero attached hydrogens (tertiary/aromatic N) is 1. The summed E-state index contributed by atoms with van der Waals surface area (Å²) in [4.78, 5) is 22.6. The van der Waals surface area contributed by atoms with Gasteiger partial charge in [0.15, 0.2) is 5.83 Å². The van der Waals surface area contributed by atoms with Crippen LogP contribution in [0.5, 0.6) is 0 Å². The summed E-state index contributed by atoms with van der Waals surface area (Å²) in [6, 6.07) is 0. The van der Waals surface area contributed by atoms with Gasteiger partial charge in [0.25, 0.3) is 11.8 Å². The second-order valence-corrected chi connectivity index (χ2v) is 2.70. The molecule has 0 aliphatic carbocycles. The molecule has 0 aromatic rings. The minimum Gasteiger partial charge on any atom is -0.371 e. The highest BCUT2D eigenvalue weighted by Gasteiger charge is 2.36. The molecule has 2 aliphatic rings. The van der Waals surface area contributed by atoms with Crippen LogP contribution in [-0.2, 0) is 14.3 Å². The van der Waals surface area contributed by atoms with Crippen molar-refractivity contribution in [3.8, 4) is 0 Å². The van der Waals surface area contributed by atoms with Crippen molar-refractivity contribution in [2.45, 2.75) is 6.10 Å². The van der Waals surface area contributed by atoms with Crippen LogP contribution in [0.4, 0.5) is 4.39 Å². The summed E-state index contributed by atoms with van der Waals surface area (Å²) in [6.07, 6.45) is 0.613. The summed E-state index contributed by atoms with van der Waals surface area (Å²) >= 11 is 0. The Bertz CT molecular complexity index is 282. The number of carbonyl (C=O) groups is 2. The zero-order valence-corrected chi connectivity index (χ0v) is 6.12. The van der Waals surface area contributed by atoms with Gasteiger partial charge in [-0.2, -0.15) is 0 Å². The first-order valence-corrected chi connectivity index (χ1v) is 3.53. The average Bonchev–Trinajstić information content (AvgIpc) is 2.77. The largest absolute Gasteiger partial charge is 0.371 e. The molecule has 0 N–H and O–H groups in total. The van der Waals surface area contributed by atoms with Gasteiger partial charge in [-0.3, -0.25) is 14.5 Å². The van der Waals surface area contributed by atoms with Crippen molar-refractivity contribution in [1.82, 2.24) is 4.90 Å². The van der Waals surface area contributed by atoms with Crippen LogP contribution >= 0.6 is 0 Å². The molecule has 1 unspecified atom stereocenters. The third-order valence-electron chi connectivity index (χ3n) is 1.75. The lowest BCUT2D eigenvalue weighted by Gasteiger charge is -2.10. The van der Waals surface area contributed by atoms with Crippen LogP contribution in [0.2, 0.25) is 0 Å². The van der Waals surface area contributed by atoms with Crippen LogP contribution in [0.15, 0.2) is 11.9 Å². The number of hydrogen-bond acceptors (Lipinski definition) is 3. The molecule has 0 aromatic heterocycles. The van der Waals surface area contributed by atoms with Crippen molar-refractivity contribution < 1.29 is 18.7 Å². The molecule has 0 bridgehead atoms. The van der Waals surface area contributed by atoms with E-state index in [1.807, 2.05) is 0 Å². The van der Waals surface area contributed by atoms with E-state index in [0.29, 0.717) is 12.7 Å². The van der Waals surface area contributed by atoms with E-state index in [1.54, 1.807) is 0 Å². The van der Waals surface area contributed by atoms with E-state index in [0.717, 1.165) is 4.90 Å². The lowest BCUT2D eigenvalue weighted by atomic mass is 10.4. The third-order valence-corrected chi connectivity index (χ3v) is 1.75. The molecule has 2 amide bonds. The van der Waals surface area contributed by atoms with Crippen molar-refractivity contribution >= 4 is 11.8 Å². The van der Waals surface area contributed by atoms with Gasteiger partial charge in [0.2, 0.25) is 0 Å². The average molecular weight is 171 g/mol. The van der Waals surface area contributed by atoms with Crippen molar-refractivity contribution in [3.63, 3.8) is 0 Å². The normalized spacial score (nSPS) is 27.9. The summed E-state index contributed by atoms with van der Waals surface area (Å²) in [5, 5.41) is 0. The lowest BCUT2D eigenvalue weighted by Crippen LogP contribution is -2.34. The number of hydrogen-bond donors (Lipinski definition) is 0. The van der Waals surface area contributed by atoms with Gasteiger partial charge in [0.1, 0.15) is 0 Å². The minimum atomic E-state index is -0.986. The van der Waals surface area contributed by atoms with Gasteiger partial charge in [0.05, 0.1) is 19.3 Å². The molecule has 2 aliphatic heterocycles. The van der Waals surface area contributed by atoms with E-state index >= 15 is 0 Å². The molecular weight excluding hydrogens is 165 g/mol. The predicted octanol–water partition coefficient (Wildman–Crippen LogP) is -0.393. The number of carbonyl (C=O) groups excluding carboxylic acids is 2. The Labute approximate surface area is 67.6 Å². The highest BCUT2D eigenvalue weighted by molar-refractivity contribution is 6.15. The fourth-order valence-electron chi connectivity index (χ4n) is 1.03. The lowest BCUT2D eigenvalue weighted by molar-refractivity contribution is -0.138. The predicted molar refractivity (Wildman–Crippen MR) is 35.7 cm³/mol. The molecule has 1 saturated heterocycles. The third kappa shape index (κ3) is 1.12. The van der Waals surface area contributed by atoms with Gasteiger partial charge in [0, 0.05) is 6.08 Å². The second kappa shape index (κ2) is 2.38. The summed E-state index contributed by atoms with van der Waals surface area (Å²) in [6.45, 7) is 0.709. The number of rotatable bonds is 2. The molecular formula is C7H6FNO3. The summed E-state index contributed by atoms with van der Waals surface area (Å²) in [7, 11) is 0. The molecule has 0 aromatic carbocycles. The fourth-order valence-corrected chi connectivity index (χ4v) is 1.03. The van der Waals surface area contributed by atoms with Gasteiger partial charge >= 0.3 is 0 Å². The van der Waals surface area contributed by atoms with E-state index in [9.17, 15) is 14.0 Å². The van der Waals surface area contributed by atoms with E-state index in [-0.39, 0.29) is 12.6 Å². The highest BCUT2D eigenvalue weighted by atomic mass is 19.1. The monoisotopic (exact) mass is 171 g/mol. The fraction of sp³-hybridized carbons (Fsp3) is 0.429. The maximum absolute atomic E-state index is 12.5. The number of halogens is 1. The summed E-state index contributed by atoms with van der Waals surface area (Å²) in [5.74, 6) is -2.43. The Morgan fingerprint density at radius 2 is 2.33 bits per heavy atom. The van der Waals surface area contributed by atoms with Crippen LogP contribution in [0.3, 0.4) is 0 Å². The molecule has 1 atom stereocenters. The Morgan fingerprint density at radius 3 is 2.75 bits per heavy atom. The Balaban J connectivity index is 2.06. The standard InChI is InChI=1S/C7H6FNO3/c8-5-1-6(10)9(7(5)11)2-4-3-12-4/h1,4H,2-3H2. The number of amides is 2. The highest BCUT2D eigenvalue weighted by Crippen LogP contribution is 2.18. The van der Waals surface area contributed by atoms with E-state index < -0.39 is 17.6 Å². The first-order valence-electron chi connectivity index (χ1n) is 3.53. The molecule has 2 heterocycles. The molecule has 0 radical (unpaired) electrons. The Kier molecular flexibility index (Phi) is 1.47. The van der Waals surface area contributed by atoms with Gasteiger partial charge in [-0.1, -0.05) is 0 Å². The number of epoxide rings is 1. The van der Waals surface area contributed by atoms with Crippen molar-refractivity contribution in [1.29, 1.82) is 0 Å². The van der Waals surface area contributed by atoms with Crippen LogP contribution in [0.1, 0.15) is 0 Å². The molecule has 1 fully saturated rings. The zero-order valence-electron chi connectivity index (χ0n) is 6.12. The Hall–Kier alpha value is -1.23. The number of imide groups is 1. The van der Waals surface area contributed by atoms with Crippen LogP contribution in [0, 0.1) is 0 Å². The molecule has 2 rings (SSSR count).